The fourth-order valence-corrected chi connectivity index (χ4v) is 7.09. The van der Waals surface area contributed by atoms with Crippen LogP contribution in [0, 0.1) is 17.3 Å². The number of hydrogen-bond acceptors (Lipinski definition) is 12. The molecule has 6 N–H and O–H groups in total. The molecule has 1 spiro atoms. The average molecular weight is 685 g/mol. The SMILES string of the molecule is C[C@@H]1OCC2(CCN(c3cnc(Sc4cccc(NC(=O)C5=C(O)C(C#Cc6ccncc6)=CN(C)C5=C=O)c4Cl)c(N)n3)CC2)[C@@H]1N. The van der Waals surface area contributed by atoms with Gasteiger partial charge in [0.1, 0.15) is 27.9 Å². The van der Waals surface area contributed by atoms with Crippen LogP contribution in [0.4, 0.5) is 17.3 Å². The van der Waals surface area contributed by atoms with Crippen LogP contribution in [-0.4, -0.2) is 75.7 Å². The van der Waals surface area contributed by atoms with Gasteiger partial charge in [0, 0.05) is 60.6 Å². The minimum atomic E-state index is -0.774. The van der Waals surface area contributed by atoms with E-state index in [9.17, 15) is 14.7 Å². The lowest BCUT2D eigenvalue weighted by Gasteiger charge is -2.41. The number of likely N-dealkylation sites (N-methyl/N-ethyl adjacent to an activating group) is 1. The number of benzene rings is 1. The van der Waals surface area contributed by atoms with Crippen molar-refractivity contribution >= 4 is 52.5 Å². The van der Waals surface area contributed by atoms with E-state index in [2.05, 4.69) is 37.0 Å². The third-order valence-corrected chi connectivity index (χ3v) is 10.4. The third-order valence-electron chi connectivity index (χ3n) is 8.85. The van der Waals surface area contributed by atoms with Crippen LogP contribution in [0.15, 0.2) is 87.6 Å². The van der Waals surface area contributed by atoms with Crippen LogP contribution in [-0.2, 0) is 14.3 Å². The summed E-state index contributed by atoms with van der Waals surface area (Å²) in [5.41, 5.74) is 13.4. The van der Waals surface area contributed by atoms with E-state index in [-0.39, 0.29) is 50.9 Å². The van der Waals surface area contributed by atoms with Crippen LogP contribution in [0.3, 0.4) is 0 Å². The van der Waals surface area contributed by atoms with Crippen molar-refractivity contribution in [1.82, 2.24) is 19.9 Å². The molecule has 3 aromatic rings. The number of nitrogen functional groups attached to an aromatic ring is 1. The van der Waals surface area contributed by atoms with Crippen molar-refractivity contribution in [2.75, 3.05) is 42.7 Å². The number of nitrogens with one attached hydrogen (secondary N) is 1. The molecule has 14 heteroatoms. The highest BCUT2D eigenvalue weighted by molar-refractivity contribution is 7.99. The van der Waals surface area contributed by atoms with Gasteiger partial charge in [-0.25, -0.2) is 14.8 Å². The average Bonchev–Trinajstić information content (AvgIpc) is 3.36. The Morgan fingerprint density at radius 1 is 1.21 bits per heavy atom. The number of allylic oxidation sites excluding steroid dienone is 1. The maximum atomic E-state index is 13.5. The maximum Gasteiger partial charge on any atom is 0.262 e. The van der Waals surface area contributed by atoms with Crippen molar-refractivity contribution < 1.29 is 19.4 Å². The summed E-state index contributed by atoms with van der Waals surface area (Å²) in [7, 11) is 1.55. The Bertz CT molecular complexity index is 1930. The summed E-state index contributed by atoms with van der Waals surface area (Å²) in [6, 6.07) is 8.49. The second kappa shape index (κ2) is 13.7. The van der Waals surface area contributed by atoms with Crippen molar-refractivity contribution in [3.63, 3.8) is 0 Å². The summed E-state index contributed by atoms with van der Waals surface area (Å²) in [6.07, 6.45) is 8.17. The molecule has 2 aromatic heterocycles. The summed E-state index contributed by atoms with van der Waals surface area (Å²) in [5.74, 6) is 7.18. The lowest BCUT2D eigenvalue weighted by atomic mass is 9.73. The number of aromatic nitrogens is 3. The van der Waals surface area contributed by atoms with Crippen molar-refractivity contribution in [3.05, 3.63) is 88.3 Å². The number of halogens is 1. The lowest BCUT2D eigenvalue weighted by molar-refractivity contribution is -0.112. The minimum absolute atomic E-state index is 0.0112. The quantitative estimate of drug-likeness (QED) is 0.226. The molecule has 0 bridgehead atoms. The monoisotopic (exact) mass is 684 g/mol. The number of rotatable bonds is 5. The zero-order valence-corrected chi connectivity index (χ0v) is 27.8. The molecular weight excluding hydrogens is 652 g/mol. The van der Waals surface area contributed by atoms with Gasteiger partial charge in [0.05, 0.1) is 35.2 Å². The molecule has 246 valence electrons. The van der Waals surface area contributed by atoms with Gasteiger partial charge in [0.15, 0.2) is 11.8 Å². The second-order valence-corrected chi connectivity index (χ2v) is 13.2. The lowest BCUT2D eigenvalue weighted by Crippen LogP contribution is -2.50. The van der Waals surface area contributed by atoms with Crippen molar-refractivity contribution in [1.29, 1.82) is 0 Å². The molecule has 1 aromatic carbocycles. The van der Waals surface area contributed by atoms with E-state index in [0.29, 0.717) is 27.9 Å². The van der Waals surface area contributed by atoms with E-state index in [1.165, 1.54) is 22.9 Å². The molecule has 6 rings (SSSR count). The number of aliphatic hydroxyl groups excluding tert-OH is 1. The number of nitrogens with two attached hydrogens (primary N) is 2. The number of anilines is 3. The Kier molecular flexibility index (Phi) is 9.46. The summed E-state index contributed by atoms with van der Waals surface area (Å²) >= 11 is 7.94. The Labute approximate surface area is 286 Å². The number of aliphatic hydroxyl groups is 1. The standard InChI is InChI=1S/C34H33ClN8O4S/c1-20-30(36)34(19-47-20)10-14-43(15-11-34)26-16-39-33(31(37)41-26)48-25-5-3-4-23(28(25)35)40-32(46)27-24(18-44)42(2)17-22(29(27)45)7-6-21-8-12-38-13-9-21/h3-5,8-9,12-13,16-17,20,30,45H,10-11,14-15,19,36H2,1-2H3,(H2,37,41)(H,40,46)/t20-,30+/m0/s1. The molecule has 3 aliphatic heterocycles. The molecule has 2 fully saturated rings. The van der Waals surface area contributed by atoms with Gasteiger partial charge in [0.2, 0.25) is 0 Å². The van der Waals surface area contributed by atoms with Crippen LogP contribution in [0.25, 0.3) is 0 Å². The Balaban J connectivity index is 1.17. The number of amides is 1. The topological polar surface area (TPSA) is 173 Å². The largest absolute Gasteiger partial charge is 0.506 e. The fraction of sp³-hybridized carbons (Fsp3) is 0.294. The fourth-order valence-electron chi connectivity index (χ4n) is 5.99. The molecule has 2 atom stereocenters. The molecular formula is C34H33ClN8O4S. The Hall–Kier alpha value is -4.83. The molecule has 0 saturated carbocycles. The van der Waals surface area contributed by atoms with Crippen LogP contribution < -0.4 is 21.7 Å². The van der Waals surface area contributed by atoms with Crippen LogP contribution >= 0.6 is 23.4 Å². The number of carbonyl (C=O) groups is 1. The molecule has 3 aliphatic rings. The number of carbonyl (C=O) groups excluding carboxylic acids is 2. The van der Waals surface area contributed by atoms with Crippen LogP contribution in [0.5, 0.6) is 0 Å². The van der Waals surface area contributed by atoms with Gasteiger partial charge in [-0.05, 0) is 44.0 Å². The maximum absolute atomic E-state index is 13.5. The van der Waals surface area contributed by atoms with Gasteiger partial charge < -0.3 is 36.4 Å². The Morgan fingerprint density at radius 2 is 1.96 bits per heavy atom. The van der Waals surface area contributed by atoms with E-state index in [4.69, 9.17) is 27.8 Å². The molecule has 0 unspecified atom stereocenters. The number of ether oxygens (including phenoxy) is 1. The van der Waals surface area contributed by atoms with E-state index in [1.807, 2.05) is 6.92 Å². The highest BCUT2D eigenvalue weighted by Gasteiger charge is 2.47. The molecule has 1 amide bonds. The van der Waals surface area contributed by atoms with Gasteiger partial charge in [-0.3, -0.25) is 9.78 Å². The van der Waals surface area contributed by atoms with E-state index < -0.39 is 11.7 Å². The van der Waals surface area contributed by atoms with E-state index in [1.54, 1.807) is 61.9 Å². The van der Waals surface area contributed by atoms with Crippen molar-refractivity contribution in [2.24, 2.45) is 11.1 Å². The van der Waals surface area contributed by atoms with Crippen molar-refractivity contribution in [2.45, 2.75) is 41.8 Å². The highest BCUT2D eigenvalue weighted by Crippen LogP contribution is 2.43. The minimum Gasteiger partial charge on any atom is -0.506 e. The predicted molar refractivity (Wildman–Crippen MR) is 184 cm³/mol. The second-order valence-electron chi connectivity index (χ2n) is 11.8. The van der Waals surface area contributed by atoms with Gasteiger partial charge in [-0.15, -0.1) is 0 Å². The molecule has 0 aliphatic carbocycles. The number of pyridine rings is 1. The summed E-state index contributed by atoms with van der Waals surface area (Å²) in [4.78, 5) is 42.6. The smallest absolute Gasteiger partial charge is 0.262 e. The first-order valence-electron chi connectivity index (χ1n) is 15.2. The third kappa shape index (κ3) is 6.49. The van der Waals surface area contributed by atoms with Gasteiger partial charge >= 0.3 is 0 Å². The molecule has 2 saturated heterocycles. The molecule has 0 radical (unpaired) electrons. The Morgan fingerprint density at radius 3 is 2.62 bits per heavy atom. The van der Waals surface area contributed by atoms with Crippen LogP contribution in [0.1, 0.15) is 25.3 Å². The molecule has 12 nitrogen and oxygen atoms in total. The van der Waals surface area contributed by atoms with Gasteiger partial charge in [0.25, 0.3) is 5.91 Å². The van der Waals surface area contributed by atoms with Gasteiger partial charge in [-0.2, -0.15) is 0 Å². The van der Waals surface area contributed by atoms with E-state index in [0.717, 1.165) is 25.9 Å². The first-order valence-corrected chi connectivity index (χ1v) is 16.4. The normalized spacial score (nSPS) is 20.2. The number of nitrogens with zero attached hydrogens (tertiary/aromatic N) is 5. The molecule has 48 heavy (non-hydrogen) atoms. The number of piperidine rings is 1. The van der Waals surface area contributed by atoms with Gasteiger partial charge in [-0.1, -0.05) is 41.3 Å². The van der Waals surface area contributed by atoms with Crippen molar-refractivity contribution in [3.8, 4) is 11.8 Å². The summed E-state index contributed by atoms with van der Waals surface area (Å²) < 4.78 is 5.84. The van der Waals surface area contributed by atoms with Crippen LogP contribution in [0.2, 0.25) is 5.02 Å². The number of hydrogen-bond donors (Lipinski definition) is 4. The zero-order chi connectivity index (χ0) is 34.0. The van der Waals surface area contributed by atoms with E-state index >= 15 is 0 Å². The highest BCUT2D eigenvalue weighted by atomic mass is 35.5. The summed E-state index contributed by atoms with van der Waals surface area (Å²) in [5, 5.41) is 14.4. The molecule has 5 heterocycles. The first-order chi connectivity index (χ1) is 23.1. The predicted octanol–water partition coefficient (Wildman–Crippen LogP) is 3.94. The zero-order valence-electron chi connectivity index (χ0n) is 26.2. The summed E-state index contributed by atoms with van der Waals surface area (Å²) in [6.45, 7) is 4.25. The first kappa shape index (κ1) is 33.1.